The molecule has 0 aromatic carbocycles. The van der Waals surface area contributed by atoms with Gasteiger partial charge in [-0.25, -0.2) is 0 Å². The largest absolute Gasteiger partial charge is 0.393 e. The van der Waals surface area contributed by atoms with Gasteiger partial charge in [0.25, 0.3) is 0 Å². The maximum atomic E-state index is 10.3. The summed E-state index contributed by atoms with van der Waals surface area (Å²) in [6.07, 6.45) is 41.2. The monoisotopic (exact) mass is 801 g/mol. The predicted octanol–water partition coefficient (Wildman–Crippen LogP) is 12.2. The number of hydrogen-bond donors (Lipinski definition) is 7. The van der Waals surface area contributed by atoms with Gasteiger partial charge in [0.05, 0.1) is 42.7 Å². The Morgan fingerprint density at radius 3 is 0.625 bits per heavy atom. The molecule has 56 heavy (non-hydrogen) atoms. The van der Waals surface area contributed by atoms with Gasteiger partial charge in [-0.05, 0) is 51.9 Å². The summed E-state index contributed by atoms with van der Waals surface area (Å²) in [4.78, 5) is 0. The van der Waals surface area contributed by atoms with Crippen molar-refractivity contribution in [3.8, 4) is 0 Å². The Morgan fingerprint density at radius 1 is 0.232 bits per heavy atom. The van der Waals surface area contributed by atoms with E-state index in [0.717, 1.165) is 12.8 Å². The molecule has 0 amide bonds. The minimum Gasteiger partial charge on any atom is -0.393 e. The maximum Gasteiger partial charge on any atom is 0.0589 e. The van der Waals surface area contributed by atoms with Gasteiger partial charge in [0.2, 0.25) is 0 Å². The Labute approximate surface area is 348 Å². The lowest BCUT2D eigenvalue weighted by Gasteiger charge is -2.22. The van der Waals surface area contributed by atoms with Crippen molar-refractivity contribution in [1.29, 1.82) is 0 Å². The highest BCUT2D eigenvalue weighted by Gasteiger charge is 2.22. The maximum absolute atomic E-state index is 10.3. The lowest BCUT2D eigenvalue weighted by Crippen LogP contribution is -2.29. The zero-order valence-corrected chi connectivity index (χ0v) is 37.5. The zero-order chi connectivity index (χ0) is 41.3. The lowest BCUT2D eigenvalue weighted by molar-refractivity contribution is -0.00516. The van der Waals surface area contributed by atoms with Crippen LogP contribution < -0.4 is 0 Å². The van der Waals surface area contributed by atoms with E-state index in [1.54, 1.807) is 6.92 Å². The molecule has 7 unspecified atom stereocenters. The molecule has 7 atom stereocenters. The van der Waals surface area contributed by atoms with Crippen LogP contribution >= 0.6 is 0 Å². The van der Waals surface area contributed by atoms with Crippen molar-refractivity contribution in [3.63, 3.8) is 0 Å². The molecule has 0 heterocycles. The third-order valence-corrected chi connectivity index (χ3v) is 12.0. The Bertz CT molecular complexity index is 752. The molecule has 7 nitrogen and oxygen atoms in total. The van der Waals surface area contributed by atoms with Gasteiger partial charge in [0.1, 0.15) is 0 Å². The third kappa shape index (κ3) is 43.3. The van der Waals surface area contributed by atoms with Crippen LogP contribution in [0.25, 0.3) is 0 Å². The van der Waals surface area contributed by atoms with E-state index in [-0.39, 0.29) is 38.5 Å². The van der Waals surface area contributed by atoms with Crippen molar-refractivity contribution in [1.82, 2.24) is 0 Å². The van der Waals surface area contributed by atoms with Gasteiger partial charge >= 0.3 is 0 Å². The van der Waals surface area contributed by atoms with E-state index in [4.69, 9.17) is 0 Å². The third-order valence-electron chi connectivity index (χ3n) is 12.0. The fourth-order valence-electron chi connectivity index (χ4n) is 8.50. The molecule has 0 saturated carbocycles. The second kappa shape index (κ2) is 42.8. The molecule has 0 aliphatic rings. The summed E-state index contributed by atoms with van der Waals surface area (Å²) >= 11 is 0. The van der Waals surface area contributed by atoms with Crippen molar-refractivity contribution >= 4 is 0 Å². The Morgan fingerprint density at radius 2 is 0.411 bits per heavy atom. The summed E-state index contributed by atoms with van der Waals surface area (Å²) in [5, 5.41) is 70.2. The van der Waals surface area contributed by atoms with E-state index >= 15 is 0 Å². The van der Waals surface area contributed by atoms with E-state index in [9.17, 15) is 35.7 Å². The van der Waals surface area contributed by atoms with Crippen LogP contribution in [0.1, 0.15) is 271 Å². The Kier molecular flexibility index (Phi) is 42.6. The van der Waals surface area contributed by atoms with Crippen LogP contribution in [0.4, 0.5) is 0 Å². The van der Waals surface area contributed by atoms with Crippen LogP contribution in [-0.4, -0.2) is 78.5 Å². The fraction of sp³-hybridized carbons (Fsp3) is 1.00. The highest BCUT2D eigenvalue weighted by molar-refractivity contribution is 4.74. The summed E-state index contributed by atoms with van der Waals surface area (Å²) < 4.78 is 0. The highest BCUT2D eigenvalue weighted by Crippen LogP contribution is 2.20. The van der Waals surface area contributed by atoms with E-state index in [1.165, 1.54) is 199 Å². The van der Waals surface area contributed by atoms with Crippen LogP contribution in [0.3, 0.4) is 0 Å². The van der Waals surface area contributed by atoms with E-state index in [0.29, 0.717) is 6.42 Å². The quantitative estimate of drug-likeness (QED) is 0.0304. The van der Waals surface area contributed by atoms with Gasteiger partial charge in [-0.3, -0.25) is 0 Å². The average molecular weight is 801 g/mol. The molecular weight excluding hydrogens is 701 g/mol. The van der Waals surface area contributed by atoms with Gasteiger partial charge < -0.3 is 35.7 Å². The predicted molar refractivity (Wildman–Crippen MR) is 238 cm³/mol. The number of unbranched alkanes of at least 4 members (excludes halogenated alkanes) is 32. The van der Waals surface area contributed by atoms with E-state index in [1.807, 2.05) is 0 Å². The molecule has 0 aromatic heterocycles. The highest BCUT2D eigenvalue weighted by atomic mass is 16.3. The summed E-state index contributed by atoms with van der Waals surface area (Å²) in [6.45, 7) is 3.86. The molecular formula is C49H100O7. The minimum absolute atomic E-state index is 0.00633. The van der Waals surface area contributed by atoms with Crippen molar-refractivity contribution in [2.24, 2.45) is 0 Å². The normalized spacial score (nSPS) is 15.8. The number of aliphatic hydroxyl groups excluding tert-OH is 7. The number of hydrogen-bond acceptors (Lipinski definition) is 7. The van der Waals surface area contributed by atoms with Gasteiger partial charge in [-0.1, -0.05) is 219 Å². The second-order valence-corrected chi connectivity index (χ2v) is 18.3. The smallest absolute Gasteiger partial charge is 0.0589 e. The van der Waals surface area contributed by atoms with E-state index < -0.39 is 42.7 Å². The molecule has 7 N–H and O–H groups in total. The molecule has 0 aromatic rings. The van der Waals surface area contributed by atoms with Gasteiger partial charge in [-0.15, -0.1) is 0 Å². The topological polar surface area (TPSA) is 142 Å². The molecule has 0 bridgehead atoms. The lowest BCUT2D eigenvalue weighted by atomic mass is 9.96. The summed E-state index contributed by atoms with van der Waals surface area (Å²) in [7, 11) is 0. The second-order valence-electron chi connectivity index (χ2n) is 18.3. The SMILES string of the molecule is CCCCCCCCCCCCCCCCCCCCCCCCCCCCCCCCCCCC(O)CC(O)CC(O)CC(O)CC(O)CC(O)CC(C)O. The van der Waals surface area contributed by atoms with Crippen LogP contribution in [-0.2, 0) is 0 Å². The van der Waals surface area contributed by atoms with E-state index in [2.05, 4.69) is 6.92 Å². The van der Waals surface area contributed by atoms with Crippen LogP contribution in [0.15, 0.2) is 0 Å². The molecule has 7 heteroatoms. The molecule has 0 aliphatic carbocycles. The first kappa shape index (κ1) is 55.7. The molecule has 0 saturated heterocycles. The van der Waals surface area contributed by atoms with Crippen molar-refractivity contribution in [2.75, 3.05) is 0 Å². The Hall–Kier alpha value is -0.280. The molecule has 0 rings (SSSR count). The molecule has 0 fully saturated rings. The summed E-state index contributed by atoms with van der Waals surface area (Å²) in [6, 6.07) is 0. The average Bonchev–Trinajstić information content (AvgIpc) is 3.12. The molecule has 0 radical (unpaired) electrons. The Balaban J connectivity index is 3.37. The standard InChI is InChI=1S/C49H100O7/c1-3-4-5-6-7-8-9-10-11-12-13-14-15-16-17-18-19-20-21-22-23-24-25-26-27-28-29-30-31-32-33-34-35-36-44(51)38-46(53)40-48(55)42-49(56)41-47(54)39-45(52)37-43(2)50/h43-56H,3-42H2,1-2H3. The van der Waals surface area contributed by atoms with Crippen molar-refractivity contribution < 1.29 is 35.7 Å². The summed E-state index contributed by atoms with van der Waals surface area (Å²) in [5.74, 6) is 0. The van der Waals surface area contributed by atoms with Gasteiger partial charge in [-0.2, -0.15) is 0 Å². The van der Waals surface area contributed by atoms with Crippen molar-refractivity contribution in [2.45, 2.75) is 313 Å². The van der Waals surface area contributed by atoms with Crippen molar-refractivity contribution in [3.05, 3.63) is 0 Å². The molecule has 338 valence electrons. The summed E-state index contributed by atoms with van der Waals surface area (Å²) in [5.41, 5.74) is 0. The first-order valence-electron chi connectivity index (χ1n) is 24.9. The zero-order valence-electron chi connectivity index (χ0n) is 37.5. The van der Waals surface area contributed by atoms with Gasteiger partial charge in [0.15, 0.2) is 0 Å². The fourth-order valence-corrected chi connectivity index (χ4v) is 8.50. The van der Waals surface area contributed by atoms with Crippen LogP contribution in [0, 0.1) is 0 Å². The minimum atomic E-state index is -0.964. The van der Waals surface area contributed by atoms with Gasteiger partial charge in [0, 0.05) is 0 Å². The van der Waals surface area contributed by atoms with Crippen LogP contribution in [0.5, 0.6) is 0 Å². The number of rotatable bonds is 46. The number of aliphatic hydroxyl groups is 7. The van der Waals surface area contributed by atoms with Crippen LogP contribution in [0.2, 0.25) is 0 Å². The molecule has 0 aliphatic heterocycles. The molecule has 0 spiro atoms. The first-order valence-corrected chi connectivity index (χ1v) is 24.9. The first-order chi connectivity index (χ1) is 27.1.